The number of aromatic nitrogens is 2. The van der Waals surface area contributed by atoms with Crippen LogP contribution in [0, 0.1) is 6.92 Å². The zero-order chi connectivity index (χ0) is 20.6. The Hall–Kier alpha value is -3.00. The van der Waals surface area contributed by atoms with Gasteiger partial charge in [-0.15, -0.1) is 10.2 Å². The van der Waals surface area contributed by atoms with E-state index >= 15 is 0 Å². The highest BCUT2D eigenvalue weighted by Gasteiger charge is 2.15. The van der Waals surface area contributed by atoms with Crippen molar-refractivity contribution in [3.8, 4) is 0 Å². The lowest BCUT2D eigenvalue weighted by Crippen LogP contribution is -2.33. The zero-order valence-corrected chi connectivity index (χ0v) is 17.3. The molecule has 1 atom stereocenters. The summed E-state index contributed by atoms with van der Waals surface area (Å²) in [4.78, 5) is 24.4. The van der Waals surface area contributed by atoms with E-state index in [1.54, 1.807) is 6.26 Å². The molecular formula is C21H24N4O3S. The Bertz CT molecular complexity index is 953. The molecule has 0 aliphatic rings. The van der Waals surface area contributed by atoms with Crippen molar-refractivity contribution in [2.24, 2.45) is 0 Å². The third-order valence-electron chi connectivity index (χ3n) is 4.34. The van der Waals surface area contributed by atoms with E-state index in [-0.39, 0.29) is 17.9 Å². The van der Waals surface area contributed by atoms with E-state index in [1.165, 1.54) is 11.3 Å². The fourth-order valence-electron chi connectivity index (χ4n) is 2.86. The largest absolute Gasteiger partial charge is 0.469 e. The zero-order valence-electron chi connectivity index (χ0n) is 16.5. The molecule has 0 bridgehead atoms. The van der Waals surface area contributed by atoms with E-state index in [2.05, 4.69) is 20.8 Å². The van der Waals surface area contributed by atoms with Crippen molar-refractivity contribution in [3.63, 3.8) is 0 Å². The lowest BCUT2D eigenvalue weighted by Gasteiger charge is -2.12. The van der Waals surface area contributed by atoms with Gasteiger partial charge in [0.05, 0.1) is 6.26 Å². The first kappa shape index (κ1) is 20.7. The predicted molar refractivity (Wildman–Crippen MR) is 112 cm³/mol. The molecule has 8 heteroatoms. The number of rotatable bonds is 9. The van der Waals surface area contributed by atoms with E-state index in [0.717, 1.165) is 22.0 Å². The van der Waals surface area contributed by atoms with E-state index in [0.29, 0.717) is 30.7 Å². The molecule has 0 radical (unpaired) electrons. The number of hydrogen-bond acceptors (Lipinski definition) is 6. The first-order valence-electron chi connectivity index (χ1n) is 9.52. The van der Waals surface area contributed by atoms with Gasteiger partial charge in [-0.3, -0.25) is 9.59 Å². The number of nitrogens with zero attached hydrogens (tertiary/aromatic N) is 2. The summed E-state index contributed by atoms with van der Waals surface area (Å²) in [5.41, 5.74) is 1.74. The highest BCUT2D eigenvalue weighted by Crippen LogP contribution is 2.17. The van der Waals surface area contributed by atoms with Crippen LogP contribution in [0.2, 0.25) is 0 Å². The minimum atomic E-state index is -0.271. The van der Waals surface area contributed by atoms with Crippen molar-refractivity contribution in [1.82, 2.24) is 15.5 Å². The number of carbonyl (C=O) groups is 2. The van der Waals surface area contributed by atoms with Crippen molar-refractivity contribution in [3.05, 3.63) is 64.0 Å². The second-order valence-corrected chi connectivity index (χ2v) is 7.94. The molecule has 3 rings (SSSR count). The minimum Gasteiger partial charge on any atom is -0.469 e. The molecule has 2 aromatic heterocycles. The topological polar surface area (TPSA) is 97.1 Å². The molecule has 0 spiro atoms. The minimum absolute atomic E-state index is 0.00641. The van der Waals surface area contributed by atoms with Gasteiger partial charge in [0, 0.05) is 31.0 Å². The van der Waals surface area contributed by atoms with Crippen LogP contribution in [0.4, 0.5) is 5.69 Å². The number of nitrogens with one attached hydrogen (secondary N) is 2. The second kappa shape index (κ2) is 9.97. The van der Waals surface area contributed by atoms with Crippen LogP contribution in [-0.4, -0.2) is 28.1 Å². The smallest absolute Gasteiger partial charge is 0.286 e. The van der Waals surface area contributed by atoms with Gasteiger partial charge in [0.2, 0.25) is 10.9 Å². The summed E-state index contributed by atoms with van der Waals surface area (Å²) in [6.45, 7) is 3.88. The first-order valence-corrected chi connectivity index (χ1v) is 10.3. The van der Waals surface area contributed by atoms with Crippen LogP contribution in [0.15, 0.2) is 47.1 Å². The van der Waals surface area contributed by atoms with Crippen LogP contribution in [0.5, 0.6) is 0 Å². The SMILES string of the molecule is Cc1ccccc1NC(=O)c1nnc(CCCC(=O)NC(C)Cc2ccco2)s1. The summed E-state index contributed by atoms with van der Waals surface area (Å²) >= 11 is 1.26. The van der Waals surface area contributed by atoms with E-state index < -0.39 is 0 Å². The van der Waals surface area contributed by atoms with Crippen molar-refractivity contribution in [2.45, 2.75) is 45.6 Å². The molecule has 0 aliphatic heterocycles. The van der Waals surface area contributed by atoms with E-state index in [9.17, 15) is 9.59 Å². The van der Waals surface area contributed by atoms with Gasteiger partial charge in [-0.1, -0.05) is 29.5 Å². The third kappa shape index (κ3) is 6.25. The van der Waals surface area contributed by atoms with Crippen LogP contribution in [0.1, 0.15) is 45.9 Å². The molecule has 1 aromatic carbocycles. The fourth-order valence-corrected chi connectivity index (χ4v) is 3.64. The van der Waals surface area contributed by atoms with Crippen molar-refractivity contribution >= 4 is 28.8 Å². The molecule has 1 unspecified atom stereocenters. The van der Waals surface area contributed by atoms with Crippen molar-refractivity contribution < 1.29 is 14.0 Å². The maximum Gasteiger partial charge on any atom is 0.286 e. The number of para-hydroxylation sites is 1. The maximum absolute atomic E-state index is 12.3. The molecule has 0 saturated carbocycles. The van der Waals surface area contributed by atoms with Crippen LogP contribution in [-0.2, 0) is 17.6 Å². The van der Waals surface area contributed by atoms with Gasteiger partial charge < -0.3 is 15.1 Å². The van der Waals surface area contributed by atoms with Crippen molar-refractivity contribution in [1.29, 1.82) is 0 Å². The Balaban J connectivity index is 1.41. The molecule has 2 heterocycles. The Labute approximate surface area is 173 Å². The molecule has 0 aliphatic carbocycles. The standard InChI is InChI=1S/C21H24N4O3S/c1-14-7-3-4-9-17(14)23-20(27)21-25-24-19(29-21)11-5-10-18(26)22-15(2)13-16-8-6-12-28-16/h3-4,6-9,12,15H,5,10-11,13H2,1-2H3,(H,22,26)(H,23,27). The fraction of sp³-hybridized carbons (Fsp3) is 0.333. The third-order valence-corrected chi connectivity index (χ3v) is 5.33. The number of benzene rings is 1. The van der Waals surface area contributed by atoms with E-state index in [4.69, 9.17) is 4.42 Å². The van der Waals surface area contributed by atoms with Crippen LogP contribution >= 0.6 is 11.3 Å². The summed E-state index contributed by atoms with van der Waals surface area (Å²) in [7, 11) is 0. The summed E-state index contributed by atoms with van der Waals surface area (Å²) < 4.78 is 5.29. The Kier molecular flexibility index (Phi) is 7.13. The molecule has 29 heavy (non-hydrogen) atoms. The molecule has 7 nitrogen and oxygen atoms in total. The predicted octanol–water partition coefficient (Wildman–Crippen LogP) is 3.76. The quantitative estimate of drug-likeness (QED) is 0.558. The summed E-state index contributed by atoms with van der Waals surface area (Å²) in [6.07, 6.45) is 3.94. The molecule has 2 amide bonds. The van der Waals surface area contributed by atoms with Gasteiger partial charge in [-0.05, 0) is 44.0 Å². The normalized spacial score (nSPS) is 11.8. The van der Waals surface area contributed by atoms with Gasteiger partial charge in [-0.25, -0.2) is 0 Å². The van der Waals surface area contributed by atoms with Gasteiger partial charge in [0.15, 0.2) is 0 Å². The summed E-state index contributed by atoms with van der Waals surface area (Å²) in [5.74, 6) is 0.571. The Morgan fingerprint density at radius 2 is 2.00 bits per heavy atom. The molecule has 0 saturated heterocycles. The second-order valence-electron chi connectivity index (χ2n) is 6.88. The molecule has 2 N–H and O–H groups in total. The van der Waals surface area contributed by atoms with Gasteiger partial charge >= 0.3 is 0 Å². The molecule has 152 valence electrons. The van der Waals surface area contributed by atoms with Crippen LogP contribution < -0.4 is 10.6 Å². The summed E-state index contributed by atoms with van der Waals surface area (Å²) in [5, 5.41) is 14.9. The average Bonchev–Trinajstić information content (AvgIpc) is 3.35. The first-order chi connectivity index (χ1) is 14.0. The highest BCUT2D eigenvalue weighted by atomic mass is 32.1. The number of aryl methyl sites for hydroxylation is 2. The molecular weight excluding hydrogens is 388 g/mol. The number of amides is 2. The monoisotopic (exact) mass is 412 g/mol. The van der Waals surface area contributed by atoms with Crippen LogP contribution in [0.3, 0.4) is 0 Å². The molecule has 3 aromatic rings. The highest BCUT2D eigenvalue weighted by molar-refractivity contribution is 7.13. The van der Waals surface area contributed by atoms with Gasteiger partial charge in [-0.2, -0.15) is 0 Å². The van der Waals surface area contributed by atoms with E-state index in [1.807, 2.05) is 50.2 Å². The Morgan fingerprint density at radius 1 is 1.17 bits per heavy atom. The Morgan fingerprint density at radius 3 is 2.76 bits per heavy atom. The lowest BCUT2D eigenvalue weighted by molar-refractivity contribution is -0.121. The number of anilines is 1. The average molecular weight is 413 g/mol. The summed E-state index contributed by atoms with van der Waals surface area (Å²) in [6, 6.07) is 11.3. The number of furan rings is 1. The number of carbonyl (C=O) groups excluding carboxylic acids is 2. The van der Waals surface area contributed by atoms with Gasteiger partial charge in [0.1, 0.15) is 10.8 Å². The molecule has 0 fully saturated rings. The maximum atomic E-state index is 12.3. The van der Waals surface area contributed by atoms with Crippen LogP contribution in [0.25, 0.3) is 0 Å². The number of hydrogen-bond donors (Lipinski definition) is 2. The van der Waals surface area contributed by atoms with Gasteiger partial charge in [0.25, 0.3) is 5.91 Å². The lowest BCUT2D eigenvalue weighted by atomic mass is 10.1. The van der Waals surface area contributed by atoms with Crippen molar-refractivity contribution in [2.75, 3.05) is 5.32 Å².